The highest BCUT2D eigenvalue weighted by Gasteiger charge is 2.36. The normalized spacial score (nSPS) is 24.1. The molecule has 4 nitrogen and oxygen atoms in total. The molecule has 18 heavy (non-hydrogen) atoms. The van der Waals surface area contributed by atoms with E-state index in [4.69, 9.17) is 4.74 Å². The van der Waals surface area contributed by atoms with Gasteiger partial charge in [0.2, 0.25) is 0 Å². The van der Waals surface area contributed by atoms with Crippen molar-refractivity contribution in [2.24, 2.45) is 5.92 Å². The Hall–Kier alpha value is -0.420. The van der Waals surface area contributed by atoms with Crippen LogP contribution in [0, 0.1) is 5.92 Å². The van der Waals surface area contributed by atoms with Gasteiger partial charge in [-0.05, 0) is 39.5 Å². The summed E-state index contributed by atoms with van der Waals surface area (Å²) in [5.41, 5.74) is 0. The fourth-order valence-corrected chi connectivity index (χ4v) is 2.93. The van der Waals surface area contributed by atoms with Crippen LogP contribution in [0.2, 0.25) is 0 Å². The lowest BCUT2D eigenvalue weighted by molar-refractivity contribution is -0.142. The van der Waals surface area contributed by atoms with Crippen molar-refractivity contribution in [1.29, 1.82) is 0 Å². The number of cyclic esters (lactones) is 1. The van der Waals surface area contributed by atoms with Gasteiger partial charge in [0, 0.05) is 6.42 Å². The Balaban J connectivity index is 2.67. The molecule has 0 aromatic carbocycles. The Morgan fingerprint density at radius 1 is 1.44 bits per heavy atom. The minimum atomic E-state index is -1.51. The molecule has 1 saturated heterocycles. The van der Waals surface area contributed by atoms with Crippen molar-refractivity contribution in [1.82, 2.24) is 4.72 Å². The summed E-state index contributed by atoms with van der Waals surface area (Å²) in [6.07, 6.45) is 1.96. The highest BCUT2D eigenvalue weighted by atomic mass is 32.2. The summed E-state index contributed by atoms with van der Waals surface area (Å²) in [4.78, 5) is 11.2. The van der Waals surface area contributed by atoms with E-state index < -0.39 is 11.0 Å². The maximum Gasteiger partial charge on any atom is 0.306 e. The Labute approximate surface area is 112 Å². The predicted octanol–water partition coefficient (Wildman–Crippen LogP) is 2.11. The molecular formula is C13H26NO3S+. The third-order valence-corrected chi connectivity index (χ3v) is 4.77. The number of esters is 1. The zero-order valence-electron chi connectivity index (χ0n) is 12.0. The maximum atomic E-state index is 12.2. The van der Waals surface area contributed by atoms with E-state index in [1.807, 2.05) is 20.8 Å². The number of hydrogen-bond acceptors (Lipinski definition) is 3. The van der Waals surface area contributed by atoms with E-state index in [-0.39, 0.29) is 22.9 Å². The third kappa shape index (κ3) is 4.69. The molecule has 3 atom stereocenters. The fourth-order valence-electron chi connectivity index (χ4n) is 1.97. The first kappa shape index (κ1) is 15.6. The smallest absolute Gasteiger partial charge is 0.306 e. The summed E-state index contributed by atoms with van der Waals surface area (Å²) in [5, 5.41) is 0. The van der Waals surface area contributed by atoms with Gasteiger partial charge in [0.25, 0.3) is 0 Å². The van der Waals surface area contributed by atoms with Crippen LogP contribution in [0.5, 0.6) is 0 Å². The van der Waals surface area contributed by atoms with E-state index in [1.54, 1.807) is 0 Å². The Morgan fingerprint density at radius 3 is 2.44 bits per heavy atom. The topological polar surface area (TPSA) is 55.4 Å². The molecule has 0 amide bonds. The van der Waals surface area contributed by atoms with E-state index in [9.17, 15) is 9.00 Å². The predicted molar refractivity (Wildman–Crippen MR) is 74.7 cm³/mol. The maximum absolute atomic E-state index is 12.2. The molecule has 1 heterocycles. The third-order valence-electron chi connectivity index (χ3n) is 2.98. The number of hydrogen-bond donors (Lipinski definition) is 1. The van der Waals surface area contributed by atoms with E-state index in [2.05, 4.69) is 18.6 Å². The average Bonchev–Trinajstić information content (AvgIpc) is 2.61. The van der Waals surface area contributed by atoms with Crippen LogP contribution in [0.3, 0.4) is 0 Å². The molecule has 0 spiro atoms. The van der Waals surface area contributed by atoms with Crippen molar-refractivity contribution in [3.8, 4) is 0 Å². The molecule has 0 aromatic heterocycles. The van der Waals surface area contributed by atoms with Gasteiger partial charge in [-0.25, -0.2) is 0 Å². The lowest BCUT2D eigenvalue weighted by Gasteiger charge is -2.24. The molecule has 0 aromatic rings. The minimum absolute atomic E-state index is 0.000661. The lowest BCUT2D eigenvalue weighted by atomic mass is 9.98. The van der Waals surface area contributed by atoms with Gasteiger partial charge in [0.1, 0.15) is 21.8 Å². The SMILES string of the molecule is CC(C)C[C@@H](N[SH+](=O)C(C)(C)C)[C@@H]1CCC(=O)O1. The summed E-state index contributed by atoms with van der Waals surface area (Å²) in [7, 11) is -1.51. The van der Waals surface area contributed by atoms with Crippen molar-refractivity contribution in [2.75, 3.05) is 0 Å². The fraction of sp³-hybridized carbons (Fsp3) is 0.923. The molecule has 106 valence electrons. The van der Waals surface area contributed by atoms with E-state index >= 15 is 0 Å². The number of rotatable bonds is 5. The molecule has 1 fully saturated rings. The summed E-state index contributed by atoms with van der Waals surface area (Å²) >= 11 is 0. The molecule has 1 unspecified atom stereocenters. The number of nitrogens with one attached hydrogen (secondary N) is 1. The summed E-state index contributed by atoms with van der Waals surface area (Å²) < 4.78 is 20.4. The summed E-state index contributed by atoms with van der Waals surface area (Å²) in [6, 6.07) is -0.000661. The van der Waals surface area contributed by atoms with Crippen LogP contribution in [0.4, 0.5) is 0 Å². The quantitative estimate of drug-likeness (QED) is 0.475. The van der Waals surface area contributed by atoms with E-state index in [0.29, 0.717) is 12.3 Å². The molecule has 1 aliphatic heterocycles. The first-order chi connectivity index (χ1) is 8.20. The van der Waals surface area contributed by atoms with Gasteiger partial charge in [-0.1, -0.05) is 18.1 Å². The molecule has 1 rings (SSSR count). The Bertz CT molecular complexity index is 323. The lowest BCUT2D eigenvalue weighted by Crippen LogP contribution is -2.46. The van der Waals surface area contributed by atoms with Gasteiger partial charge < -0.3 is 4.74 Å². The van der Waals surface area contributed by atoms with Gasteiger partial charge in [-0.2, -0.15) is 0 Å². The van der Waals surface area contributed by atoms with Crippen molar-refractivity contribution in [3.63, 3.8) is 0 Å². The molecule has 0 radical (unpaired) electrons. The van der Waals surface area contributed by atoms with Gasteiger partial charge in [0.05, 0.1) is 6.04 Å². The summed E-state index contributed by atoms with van der Waals surface area (Å²) in [6.45, 7) is 10.1. The number of ether oxygens (including phenoxy) is 1. The number of thiol groups is 1. The van der Waals surface area contributed by atoms with Crippen LogP contribution >= 0.6 is 0 Å². The van der Waals surface area contributed by atoms with Crippen LogP contribution in [-0.4, -0.2) is 22.9 Å². The van der Waals surface area contributed by atoms with Gasteiger partial charge in [-0.3, -0.25) is 4.79 Å². The Morgan fingerprint density at radius 2 is 2.06 bits per heavy atom. The molecular weight excluding hydrogens is 250 g/mol. The second-order valence-corrected chi connectivity index (χ2v) is 8.59. The molecule has 1 aliphatic rings. The number of carbonyl (C=O) groups is 1. The molecule has 5 heteroatoms. The van der Waals surface area contributed by atoms with E-state index in [1.165, 1.54) is 0 Å². The van der Waals surface area contributed by atoms with Gasteiger partial charge >= 0.3 is 5.97 Å². The van der Waals surface area contributed by atoms with Crippen LogP contribution in [-0.2, 0) is 24.7 Å². The Kier molecular flexibility index (Phi) is 5.34. The molecule has 1 N–H and O–H groups in total. The molecule has 0 aliphatic carbocycles. The van der Waals surface area contributed by atoms with Crippen LogP contribution in [0.15, 0.2) is 0 Å². The minimum Gasteiger partial charge on any atom is -0.460 e. The van der Waals surface area contributed by atoms with Crippen LogP contribution in [0.1, 0.15) is 53.9 Å². The second kappa shape index (κ2) is 6.15. The van der Waals surface area contributed by atoms with Crippen molar-refractivity contribution < 1.29 is 13.7 Å². The van der Waals surface area contributed by atoms with Crippen LogP contribution < -0.4 is 4.72 Å². The molecule has 0 bridgehead atoms. The van der Waals surface area contributed by atoms with Crippen LogP contribution in [0.25, 0.3) is 0 Å². The first-order valence-corrected chi connectivity index (χ1v) is 7.89. The van der Waals surface area contributed by atoms with E-state index in [0.717, 1.165) is 12.8 Å². The first-order valence-electron chi connectivity index (χ1n) is 6.63. The number of carbonyl (C=O) groups excluding carboxylic acids is 1. The highest BCUT2D eigenvalue weighted by molar-refractivity contribution is 7.84. The van der Waals surface area contributed by atoms with Crippen molar-refractivity contribution in [3.05, 3.63) is 0 Å². The second-order valence-electron chi connectivity index (χ2n) is 6.40. The van der Waals surface area contributed by atoms with Gasteiger partial charge in [-0.15, -0.1) is 4.72 Å². The largest absolute Gasteiger partial charge is 0.460 e. The standard InChI is InChI=1S/C13H25NO3S/c1-9(2)8-10(11-6-7-12(15)17-11)14-18(16)13(3,4)5/h9-11H,6-8H2,1-5H3,(H,14,16)/p+1/t10-,11+,18?/m1/s1. The molecule has 0 saturated carbocycles. The van der Waals surface area contributed by atoms with Gasteiger partial charge in [0.15, 0.2) is 0 Å². The highest BCUT2D eigenvalue weighted by Crippen LogP contribution is 2.23. The summed E-state index contributed by atoms with van der Waals surface area (Å²) in [5.74, 6) is 0.340. The average molecular weight is 276 g/mol. The van der Waals surface area contributed by atoms with Crippen molar-refractivity contribution in [2.45, 2.75) is 70.8 Å². The zero-order chi connectivity index (χ0) is 13.9. The zero-order valence-corrected chi connectivity index (χ0v) is 12.9. The monoisotopic (exact) mass is 276 g/mol. The van der Waals surface area contributed by atoms with Crippen molar-refractivity contribution >= 4 is 17.0 Å².